The molecular weight excluding hydrogens is 320 g/mol. The Morgan fingerprint density at radius 3 is 3.04 bits per heavy atom. The normalized spacial score (nSPS) is 19.2. The first-order valence-electron chi connectivity index (χ1n) is 8.86. The van der Waals surface area contributed by atoms with Crippen molar-refractivity contribution in [1.29, 1.82) is 0 Å². The monoisotopic (exact) mass is 342 g/mol. The van der Waals surface area contributed by atoms with Gasteiger partial charge in [-0.25, -0.2) is 0 Å². The summed E-state index contributed by atoms with van der Waals surface area (Å²) in [4.78, 5) is 15.1. The molecule has 7 heteroatoms. The Kier molecular flexibility index (Phi) is 4.29. The Bertz CT molecular complexity index is 773. The molecule has 0 aliphatic carbocycles. The van der Waals surface area contributed by atoms with Crippen LogP contribution in [0.2, 0.25) is 0 Å². The Morgan fingerprint density at radius 2 is 2.16 bits per heavy atom. The molecule has 1 atom stereocenters. The fourth-order valence-electron chi connectivity index (χ4n) is 3.57. The molecule has 1 aromatic carbocycles. The van der Waals surface area contributed by atoms with Gasteiger partial charge in [-0.05, 0) is 43.9 Å². The summed E-state index contributed by atoms with van der Waals surface area (Å²) in [5.41, 5.74) is 0.623. The topological polar surface area (TPSA) is 69.5 Å². The summed E-state index contributed by atoms with van der Waals surface area (Å²) < 4.78 is 12.8. The average Bonchev–Trinajstić information content (AvgIpc) is 3.30. The summed E-state index contributed by atoms with van der Waals surface area (Å²) in [6.07, 6.45) is 5.78. The molecule has 0 radical (unpaired) electrons. The van der Waals surface area contributed by atoms with Gasteiger partial charge in [0, 0.05) is 18.7 Å². The van der Waals surface area contributed by atoms with Gasteiger partial charge in [-0.15, -0.1) is 10.2 Å². The number of hydrogen-bond acceptors (Lipinski definition) is 5. The molecule has 0 N–H and O–H groups in total. The molecule has 0 unspecified atom stereocenters. The highest BCUT2D eigenvalue weighted by Gasteiger charge is 2.32. The molecule has 0 bridgehead atoms. The van der Waals surface area contributed by atoms with E-state index in [2.05, 4.69) is 21.7 Å². The van der Waals surface area contributed by atoms with Crippen molar-refractivity contribution in [3.63, 3.8) is 0 Å². The van der Waals surface area contributed by atoms with E-state index < -0.39 is 0 Å². The number of hydrogen-bond donors (Lipinski definition) is 0. The number of aryl methyl sites for hydroxylation is 1. The molecule has 0 spiro atoms. The molecule has 1 saturated heterocycles. The van der Waals surface area contributed by atoms with E-state index in [-0.39, 0.29) is 18.7 Å². The van der Waals surface area contributed by atoms with Crippen LogP contribution in [-0.4, -0.2) is 38.9 Å². The maximum absolute atomic E-state index is 13.1. The minimum Gasteiger partial charge on any atom is -0.454 e. The van der Waals surface area contributed by atoms with E-state index in [4.69, 9.17) is 9.47 Å². The number of fused-ring (bicyclic) bond motifs is 1. The van der Waals surface area contributed by atoms with Gasteiger partial charge in [-0.1, -0.05) is 6.92 Å². The predicted octanol–water partition coefficient (Wildman–Crippen LogP) is 2.78. The zero-order chi connectivity index (χ0) is 17.2. The predicted molar refractivity (Wildman–Crippen MR) is 90.5 cm³/mol. The third-order valence-corrected chi connectivity index (χ3v) is 4.79. The van der Waals surface area contributed by atoms with E-state index >= 15 is 0 Å². The summed E-state index contributed by atoms with van der Waals surface area (Å²) in [7, 11) is 0. The van der Waals surface area contributed by atoms with Crippen LogP contribution in [-0.2, 0) is 6.54 Å². The quantitative estimate of drug-likeness (QED) is 0.854. The number of piperidine rings is 1. The van der Waals surface area contributed by atoms with Crippen molar-refractivity contribution < 1.29 is 14.3 Å². The van der Waals surface area contributed by atoms with Crippen molar-refractivity contribution in [1.82, 2.24) is 19.7 Å². The maximum atomic E-state index is 13.1. The van der Waals surface area contributed by atoms with Gasteiger partial charge in [-0.2, -0.15) is 0 Å². The molecule has 1 fully saturated rings. The van der Waals surface area contributed by atoms with Crippen molar-refractivity contribution in [3.05, 3.63) is 35.9 Å². The van der Waals surface area contributed by atoms with Gasteiger partial charge < -0.3 is 18.9 Å². The number of carbonyl (C=O) groups excluding carboxylic acids is 1. The van der Waals surface area contributed by atoms with E-state index in [1.54, 1.807) is 24.5 Å². The van der Waals surface area contributed by atoms with Crippen LogP contribution in [0, 0.1) is 0 Å². The third-order valence-electron chi connectivity index (χ3n) is 4.79. The number of carbonyl (C=O) groups is 1. The molecule has 0 saturated carbocycles. The van der Waals surface area contributed by atoms with Crippen LogP contribution in [0.15, 0.2) is 24.5 Å². The maximum Gasteiger partial charge on any atom is 0.254 e. The number of rotatable bonds is 4. The van der Waals surface area contributed by atoms with Gasteiger partial charge in [0.05, 0.1) is 6.04 Å². The summed E-state index contributed by atoms with van der Waals surface area (Å²) in [5, 5.41) is 8.39. The van der Waals surface area contributed by atoms with Crippen molar-refractivity contribution in [2.75, 3.05) is 13.3 Å². The fourth-order valence-corrected chi connectivity index (χ4v) is 3.57. The SMILES string of the molecule is CCCn1cnnc1[C@@H]1CCCCN1C(=O)c1ccc2c(c1)OCO2. The molecular formula is C18H22N4O3. The number of ether oxygens (including phenoxy) is 2. The second kappa shape index (κ2) is 6.74. The summed E-state index contributed by atoms with van der Waals surface area (Å²) >= 11 is 0. The number of benzene rings is 1. The third kappa shape index (κ3) is 2.94. The van der Waals surface area contributed by atoms with Gasteiger partial charge in [0.15, 0.2) is 17.3 Å². The molecule has 2 aromatic rings. The number of nitrogens with zero attached hydrogens (tertiary/aromatic N) is 4. The highest BCUT2D eigenvalue weighted by molar-refractivity contribution is 5.95. The summed E-state index contributed by atoms with van der Waals surface area (Å²) in [6.45, 7) is 3.93. The fraction of sp³-hybridized carbons (Fsp3) is 0.500. The lowest BCUT2D eigenvalue weighted by Gasteiger charge is -2.35. The molecule has 7 nitrogen and oxygen atoms in total. The van der Waals surface area contributed by atoms with Crippen LogP contribution in [0.3, 0.4) is 0 Å². The zero-order valence-electron chi connectivity index (χ0n) is 14.4. The first-order valence-corrected chi connectivity index (χ1v) is 8.86. The van der Waals surface area contributed by atoms with Crippen LogP contribution in [0.4, 0.5) is 0 Å². The standard InChI is InChI=1S/C18H22N4O3/c1-2-8-21-11-19-20-17(21)14-5-3-4-9-22(14)18(23)13-6-7-15-16(10-13)25-12-24-15/h6-7,10-11,14H,2-5,8-9,12H2,1H3/t14-/m0/s1. The van der Waals surface area contributed by atoms with E-state index in [1.165, 1.54) is 0 Å². The van der Waals surface area contributed by atoms with Crippen LogP contribution in [0.5, 0.6) is 11.5 Å². The van der Waals surface area contributed by atoms with Crippen molar-refractivity contribution in [2.45, 2.75) is 45.2 Å². The van der Waals surface area contributed by atoms with Gasteiger partial charge >= 0.3 is 0 Å². The molecule has 3 heterocycles. The van der Waals surface area contributed by atoms with E-state index in [0.717, 1.165) is 44.6 Å². The molecule has 2 aliphatic rings. The number of amides is 1. The molecule has 25 heavy (non-hydrogen) atoms. The van der Waals surface area contributed by atoms with Crippen LogP contribution >= 0.6 is 0 Å². The number of likely N-dealkylation sites (tertiary alicyclic amines) is 1. The second-order valence-electron chi connectivity index (χ2n) is 6.46. The number of aromatic nitrogens is 3. The highest BCUT2D eigenvalue weighted by Crippen LogP contribution is 2.35. The smallest absolute Gasteiger partial charge is 0.254 e. The van der Waals surface area contributed by atoms with Gasteiger partial charge in [-0.3, -0.25) is 4.79 Å². The first kappa shape index (κ1) is 15.9. The summed E-state index contributed by atoms with van der Waals surface area (Å²) in [6, 6.07) is 5.35. The molecule has 1 aromatic heterocycles. The average molecular weight is 342 g/mol. The lowest BCUT2D eigenvalue weighted by Crippen LogP contribution is -2.39. The van der Waals surface area contributed by atoms with Crippen LogP contribution in [0.1, 0.15) is 54.8 Å². The molecule has 1 amide bonds. The van der Waals surface area contributed by atoms with E-state index in [0.29, 0.717) is 17.1 Å². The molecule has 132 valence electrons. The van der Waals surface area contributed by atoms with Gasteiger partial charge in [0.2, 0.25) is 6.79 Å². The van der Waals surface area contributed by atoms with E-state index in [1.807, 2.05) is 4.90 Å². The van der Waals surface area contributed by atoms with Crippen molar-refractivity contribution in [3.8, 4) is 11.5 Å². The van der Waals surface area contributed by atoms with Gasteiger partial charge in [0.1, 0.15) is 6.33 Å². The Labute approximate surface area is 146 Å². The highest BCUT2D eigenvalue weighted by atomic mass is 16.7. The second-order valence-corrected chi connectivity index (χ2v) is 6.46. The van der Waals surface area contributed by atoms with E-state index in [9.17, 15) is 4.79 Å². The van der Waals surface area contributed by atoms with Crippen LogP contribution < -0.4 is 9.47 Å². The molecule has 2 aliphatic heterocycles. The lowest BCUT2D eigenvalue weighted by atomic mass is 9.99. The minimum absolute atomic E-state index is 0.00838. The largest absolute Gasteiger partial charge is 0.454 e. The van der Waals surface area contributed by atoms with Crippen molar-refractivity contribution in [2.24, 2.45) is 0 Å². The zero-order valence-corrected chi connectivity index (χ0v) is 14.4. The first-order chi connectivity index (χ1) is 12.3. The Morgan fingerprint density at radius 1 is 1.28 bits per heavy atom. The van der Waals surface area contributed by atoms with Crippen LogP contribution in [0.25, 0.3) is 0 Å². The summed E-state index contributed by atoms with van der Waals surface area (Å²) in [5.74, 6) is 2.22. The van der Waals surface area contributed by atoms with Gasteiger partial charge in [0.25, 0.3) is 5.91 Å². The lowest BCUT2D eigenvalue weighted by molar-refractivity contribution is 0.0594. The Balaban J connectivity index is 1.62. The van der Waals surface area contributed by atoms with Crippen molar-refractivity contribution >= 4 is 5.91 Å². The minimum atomic E-state index is -0.0271. The molecule has 4 rings (SSSR count). The Hall–Kier alpha value is -2.57.